The number of amides is 2. The summed E-state index contributed by atoms with van der Waals surface area (Å²) in [5, 5.41) is 2.46. The van der Waals surface area contributed by atoms with E-state index >= 15 is 0 Å². The fraction of sp³-hybridized carbons (Fsp3) is 0.238. The number of aliphatic imine (C=N–C) groups is 1. The Kier molecular flexibility index (Phi) is 8.38. The molecule has 0 spiro atoms. The average Bonchev–Trinajstić information content (AvgIpc) is 2.71. The van der Waals surface area contributed by atoms with E-state index in [1.165, 1.54) is 12.1 Å². The quantitative estimate of drug-likeness (QED) is 0.296. The Balaban J connectivity index is 2.05. The molecule has 2 amide bonds. The van der Waals surface area contributed by atoms with Crippen molar-refractivity contribution < 1.29 is 24.0 Å². The number of nitrogens with two attached hydrogens (primary N) is 2. The van der Waals surface area contributed by atoms with Gasteiger partial charge in [0.2, 0.25) is 0 Å². The number of nitrogens with one attached hydrogen (secondary N) is 2. The molecule has 10 nitrogen and oxygen atoms in total. The molecule has 2 aromatic carbocycles. The molecule has 0 saturated heterocycles. The van der Waals surface area contributed by atoms with Crippen LogP contribution in [0.4, 0.5) is 10.5 Å². The highest BCUT2D eigenvalue weighted by atomic mass is 16.7. The summed E-state index contributed by atoms with van der Waals surface area (Å²) < 4.78 is 5.03. The van der Waals surface area contributed by atoms with Crippen molar-refractivity contribution in [3.8, 4) is 0 Å². The van der Waals surface area contributed by atoms with Crippen LogP contribution in [-0.2, 0) is 20.8 Å². The van der Waals surface area contributed by atoms with Crippen molar-refractivity contribution in [2.75, 3.05) is 0 Å². The summed E-state index contributed by atoms with van der Waals surface area (Å²) in [5.41, 5.74) is 14.0. The molecule has 2 aromatic rings. The minimum absolute atomic E-state index is 0.142. The lowest BCUT2D eigenvalue weighted by molar-refractivity contribution is -0.151. The number of rotatable bonds is 7. The van der Waals surface area contributed by atoms with Crippen LogP contribution in [0.3, 0.4) is 0 Å². The topological polar surface area (TPSA) is 158 Å². The van der Waals surface area contributed by atoms with E-state index in [-0.39, 0.29) is 24.0 Å². The van der Waals surface area contributed by atoms with Gasteiger partial charge in [-0.15, -0.1) is 0 Å². The maximum atomic E-state index is 12.6. The zero-order chi connectivity index (χ0) is 22.8. The second kappa shape index (κ2) is 11.2. The van der Waals surface area contributed by atoms with Crippen LogP contribution in [0, 0.1) is 0 Å². The summed E-state index contributed by atoms with van der Waals surface area (Å²) in [6, 6.07) is 14.0. The summed E-state index contributed by atoms with van der Waals surface area (Å²) in [5.74, 6) is -1.71. The SMILES string of the molecule is CC(C)OC(=O)N[C@@H](Cc1ccccc1)C(=O)ONC(=O)c1cccc(N=C(N)N)c1. The minimum Gasteiger partial charge on any atom is -0.447 e. The molecule has 2 rings (SSSR count). The van der Waals surface area contributed by atoms with Gasteiger partial charge >= 0.3 is 12.1 Å². The van der Waals surface area contributed by atoms with Gasteiger partial charge in [-0.25, -0.2) is 14.6 Å². The predicted molar refractivity (Wildman–Crippen MR) is 114 cm³/mol. The van der Waals surface area contributed by atoms with E-state index in [1.807, 2.05) is 6.07 Å². The average molecular weight is 427 g/mol. The minimum atomic E-state index is -1.08. The van der Waals surface area contributed by atoms with Crippen LogP contribution in [0.15, 0.2) is 59.6 Å². The van der Waals surface area contributed by atoms with E-state index in [2.05, 4.69) is 15.8 Å². The molecule has 0 heterocycles. The maximum Gasteiger partial charge on any atom is 0.408 e. The van der Waals surface area contributed by atoms with Crippen molar-refractivity contribution in [3.63, 3.8) is 0 Å². The van der Waals surface area contributed by atoms with E-state index < -0.39 is 24.0 Å². The molecule has 164 valence electrons. The van der Waals surface area contributed by atoms with Crippen LogP contribution in [0.1, 0.15) is 29.8 Å². The molecular formula is C21H25N5O5. The van der Waals surface area contributed by atoms with Crippen LogP contribution in [-0.4, -0.2) is 36.1 Å². The van der Waals surface area contributed by atoms with E-state index in [4.69, 9.17) is 21.0 Å². The number of ether oxygens (including phenoxy) is 1. The van der Waals surface area contributed by atoms with E-state index in [1.54, 1.807) is 50.2 Å². The molecule has 0 aliphatic carbocycles. The number of benzene rings is 2. The van der Waals surface area contributed by atoms with Crippen LogP contribution < -0.4 is 22.3 Å². The van der Waals surface area contributed by atoms with Gasteiger partial charge in [-0.1, -0.05) is 36.4 Å². The summed E-state index contributed by atoms with van der Waals surface area (Å²) in [6.07, 6.45) is -1.00. The zero-order valence-corrected chi connectivity index (χ0v) is 17.2. The number of guanidine groups is 1. The highest BCUT2D eigenvalue weighted by Gasteiger charge is 2.25. The molecular weight excluding hydrogens is 402 g/mol. The second-order valence-electron chi connectivity index (χ2n) is 6.78. The van der Waals surface area contributed by atoms with Crippen molar-refractivity contribution in [2.45, 2.75) is 32.4 Å². The molecule has 10 heteroatoms. The highest BCUT2D eigenvalue weighted by molar-refractivity contribution is 5.95. The monoisotopic (exact) mass is 427 g/mol. The first kappa shape index (κ1) is 23.2. The summed E-state index contributed by atoms with van der Waals surface area (Å²) in [4.78, 5) is 45.6. The molecule has 31 heavy (non-hydrogen) atoms. The third kappa shape index (κ3) is 8.05. The summed E-state index contributed by atoms with van der Waals surface area (Å²) >= 11 is 0. The maximum absolute atomic E-state index is 12.6. The fourth-order valence-corrected chi connectivity index (χ4v) is 2.53. The van der Waals surface area contributed by atoms with Crippen LogP contribution >= 0.6 is 0 Å². The first-order valence-corrected chi connectivity index (χ1v) is 9.46. The van der Waals surface area contributed by atoms with Crippen molar-refractivity contribution in [2.24, 2.45) is 16.5 Å². The largest absolute Gasteiger partial charge is 0.447 e. The number of alkyl carbamates (subject to hydrolysis) is 1. The lowest BCUT2D eigenvalue weighted by Gasteiger charge is -2.18. The fourth-order valence-electron chi connectivity index (χ4n) is 2.53. The van der Waals surface area contributed by atoms with Gasteiger partial charge in [0.1, 0.15) is 6.04 Å². The second-order valence-corrected chi connectivity index (χ2v) is 6.78. The van der Waals surface area contributed by atoms with Gasteiger partial charge in [0.25, 0.3) is 5.91 Å². The Morgan fingerprint density at radius 2 is 1.74 bits per heavy atom. The molecule has 0 aromatic heterocycles. The molecule has 6 N–H and O–H groups in total. The normalized spacial score (nSPS) is 11.2. The van der Waals surface area contributed by atoms with Gasteiger partial charge < -0.3 is 26.4 Å². The molecule has 0 bridgehead atoms. The number of hydroxylamine groups is 1. The Morgan fingerprint density at radius 1 is 1.03 bits per heavy atom. The van der Waals surface area contributed by atoms with Crippen LogP contribution in [0.5, 0.6) is 0 Å². The molecule has 0 aliphatic heterocycles. The van der Waals surface area contributed by atoms with E-state index in [0.717, 1.165) is 5.56 Å². The van der Waals surface area contributed by atoms with E-state index in [9.17, 15) is 14.4 Å². The summed E-state index contributed by atoms with van der Waals surface area (Å²) in [6.45, 7) is 3.36. The molecule has 0 fully saturated rings. The number of hydrogen-bond acceptors (Lipinski definition) is 6. The predicted octanol–water partition coefficient (Wildman–Crippen LogP) is 1.53. The van der Waals surface area contributed by atoms with Crippen molar-refractivity contribution in [1.29, 1.82) is 0 Å². The molecule has 0 aliphatic rings. The Morgan fingerprint density at radius 3 is 2.39 bits per heavy atom. The number of carbonyl (C=O) groups excluding carboxylic acids is 3. The molecule has 0 unspecified atom stereocenters. The Labute approximate surface area is 179 Å². The van der Waals surface area contributed by atoms with Crippen LogP contribution in [0.25, 0.3) is 0 Å². The van der Waals surface area contributed by atoms with Gasteiger partial charge in [-0.3, -0.25) is 4.79 Å². The smallest absolute Gasteiger partial charge is 0.408 e. The van der Waals surface area contributed by atoms with Gasteiger partial charge in [0.15, 0.2) is 5.96 Å². The first-order chi connectivity index (χ1) is 14.7. The van der Waals surface area contributed by atoms with Crippen molar-refractivity contribution in [1.82, 2.24) is 10.8 Å². The summed E-state index contributed by atoms with van der Waals surface area (Å²) in [7, 11) is 0. The highest BCUT2D eigenvalue weighted by Crippen LogP contribution is 2.14. The Hall–Kier alpha value is -4.08. The Bertz CT molecular complexity index is 942. The van der Waals surface area contributed by atoms with E-state index in [0.29, 0.717) is 5.69 Å². The zero-order valence-electron chi connectivity index (χ0n) is 17.2. The van der Waals surface area contributed by atoms with Crippen molar-refractivity contribution >= 4 is 29.6 Å². The van der Waals surface area contributed by atoms with Gasteiger partial charge in [0.05, 0.1) is 11.8 Å². The van der Waals surface area contributed by atoms with Crippen molar-refractivity contribution in [3.05, 3.63) is 65.7 Å². The molecule has 0 radical (unpaired) electrons. The van der Waals surface area contributed by atoms with Gasteiger partial charge in [0, 0.05) is 12.0 Å². The third-order valence-electron chi connectivity index (χ3n) is 3.81. The lowest BCUT2D eigenvalue weighted by Crippen LogP contribution is -2.46. The number of nitrogens with zero attached hydrogens (tertiary/aromatic N) is 1. The standard InChI is InChI=1S/C21H25N5O5/c1-13(2)30-21(29)25-17(11-14-7-4-3-5-8-14)19(28)31-26-18(27)15-9-6-10-16(12-15)24-20(22)23/h3-10,12-13,17H,11H2,1-2H3,(H,25,29)(H,26,27)(H4,22,23,24)/t17-/m0/s1. The molecule has 1 atom stereocenters. The first-order valence-electron chi connectivity index (χ1n) is 9.46. The van der Waals surface area contributed by atoms with Crippen LogP contribution in [0.2, 0.25) is 0 Å². The van der Waals surface area contributed by atoms with Gasteiger partial charge in [-0.05, 0) is 37.6 Å². The third-order valence-corrected chi connectivity index (χ3v) is 3.81. The number of hydrogen-bond donors (Lipinski definition) is 4. The van der Waals surface area contributed by atoms with Gasteiger partial charge in [-0.2, -0.15) is 5.48 Å². The number of carbonyl (C=O) groups is 3. The molecule has 0 saturated carbocycles. The lowest BCUT2D eigenvalue weighted by atomic mass is 10.1.